The fourth-order valence-electron chi connectivity index (χ4n) is 3.59. The quantitative estimate of drug-likeness (QED) is 0.324. The highest BCUT2D eigenvalue weighted by atomic mass is 32.1. The van der Waals surface area contributed by atoms with Crippen molar-refractivity contribution in [2.75, 3.05) is 6.61 Å². The number of hydrogen-bond acceptors (Lipinski definition) is 4. The molecule has 34 heavy (non-hydrogen) atoms. The summed E-state index contributed by atoms with van der Waals surface area (Å²) in [7, 11) is 0. The van der Waals surface area contributed by atoms with E-state index in [0.717, 1.165) is 27.5 Å². The van der Waals surface area contributed by atoms with Gasteiger partial charge in [-0.2, -0.15) is 13.2 Å². The van der Waals surface area contributed by atoms with Crippen LogP contribution < -0.4 is 4.74 Å². The zero-order chi connectivity index (χ0) is 25.0. The van der Waals surface area contributed by atoms with Crippen molar-refractivity contribution in [3.63, 3.8) is 0 Å². The standard InChI is InChI=1S/C26H25F3O4S/c1-15(2)20-13-24(17-4-7-19(8-5-17)26(27,28)29)34-23(20)11-9-21(30)18-6-10-22(16(3)12-18)33-14-25(31)32/h4-8,10,12-13,15H,9,11,14H2,1-3H3,(H,31,32). The van der Waals surface area contributed by atoms with Crippen LogP contribution in [-0.2, 0) is 17.4 Å². The van der Waals surface area contributed by atoms with E-state index in [1.54, 1.807) is 25.1 Å². The number of hydrogen-bond donors (Lipinski definition) is 1. The lowest BCUT2D eigenvalue weighted by Crippen LogP contribution is -2.10. The van der Waals surface area contributed by atoms with Gasteiger partial charge in [-0.15, -0.1) is 11.3 Å². The number of aryl methyl sites for hydroxylation is 2. The third kappa shape index (κ3) is 6.26. The van der Waals surface area contributed by atoms with Crippen molar-refractivity contribution < 1.29 is 32.6 Å². The molecule has 0 unspecified atom stereocenters. The second-order valence-corrected chi connectivity index (χ2v) is 9.44. The summed E-state index contributed by atoms with van der Waals surface area (Å²) in [5.74, 6) is -0.503. The van der Waals surface area contributed by atoms with Gasteiger partial charge in [0.05, 0.1) is 5.56 Å². The molecule has 3 aromatic rings. The van der Waals surface area contributed by atoms with Crippen LogP contribution in [0.4, 0.5) is 13.2 Å². The Bertz CT molecular complexity index is 1180. The second kappa shape index (κ2) is 10.4. The monoisotopic (exact) mass is 490 g/mol. The van der Waals surface area contributed by atoms with Gasteiger partial charge >= 0.3 is 12.1 Å². The predicted molar refractivity (Wildman–Crippen MR) is 126 cm³/mol. The molecule has 1 N–H and O–H groups in total. The van der Waals surface area contributed by atoms with Crippen molar-refractivity contribution in [2.24, 2.45) is 0 Å². The van der Waals surface area contributed by atoms with Crippen LogP contribution in [-0.4, -0.2) is 23.5 Å². The lowest BCUT2D eigenvalue weighted by atomic mass is 9.98. The summed E-state index contributed by atoms with van der Waals surface area (Å²) in [6.07, 6.45) is -3.57. The Hall–Kier alpha value is -3.13. The first kappa shape index (κ1) is 25.5. The van der Waals surface area contributed by atoms with Crippen LogP contribution in [0, 0.1) is 6.92 Å². The van der Waals surface area contributed by atoms with Gasteiger partial charge in [0.2, 0.25) is 0 Å². The van der Waals surface area contributed by atoms with Crippen molar-refractivity contribution in [2.45, 2.75) is 45.7 Å². The van der Waals surface area contributed by atoms with Gasteiger partial charge in [-0.3, -0.25) is 4.79 Å². The number of thiophene rings is 1. The number of carboxylic acids is 1. The number of rotatable bonds is 9. The predicted octanol–water partition coefficient (Wildman–Crippen LogP) is 7.14. The number of ketones is 1. The molecule has 0 aliphatic rings. The minimum absolute atomic E-state index is 0.0490. The molecule has 1 heterocycles. The maximum atomic E-state index is 12.9. The van der Waals surface area contributed by atoms with Gasteiger partial charge < -0.3 is 9.84 Å². The number of aliphatic carboxylic acids is 1. The van der Waals surface area contributed by atoms with Crippen LogP contribution in [0.2, 0.25) is 0 Å². The summed E-state index contributed by atoms with van der Waals surface area (Å²) in [5.41, 5.74) is 2.31. The molecule has 0 saturated carbocycles. The SMILES string of the molecule is Cc1cc(C(=O)CCc2sc(-c3ccc(C(F)(F)F)cc3)cc2C(C)C)ccc1OCC(=O)O. The lowest BCUT2D eigenvalue weighted by molar-refractivity contribution is -0.139. The Morgan fingerprint density at radius 2 is 1.74 bits per heavy atom. The number of benzene rings is 2. The summed E-state index contributed by atoms with van der Waals surface area (Å²) < 4.78 is 43.8. The number of ether oxygens (including phenoxy) is 1. The zero-order valence-corrected chi connectivity index (χ0v) is 19.8. The molecular formula is C26H25F3O4S. The summed E-state index contributed by atoms with van der Waals surface area (Å²) in [6.45, 7) is 5.39. The Balaban J connectivity index is 1.74. The van der Waals surface area contributed by atoms with Gasteiger partial charge in [-0.05, 0) is 72.4 Å². The highest BCUT2D eigenvalue weighted by molar-refractivity contribution is 7.15. The molecule has 0 spiro atoms. The highest BCUT2D eigenvalue weighted by Gasteiger charge is 2.30. The van der Waals surface area contributed by atoms with E-state index in [1.807, 2.05) is 19.9 Å². The third-order valence-corrected chi connectivity index (χ3v) is 6.65. The number of Topliss-reactive ketones (excluding diaryl/α,β-unsaturated/α-hetero) is 1. The van der Waals surface area contributed by atoms with Gasteiger partial charge in [0.25, 0.3) is 0 Å². The summed E-state index contributed by atoms with van der Waals surface area (Å²) >= 11 is 1.50. The topological polar surface area (TPSA) is 63.6 Å². The number of alkyl halides is 3. The summed E-state index contributed by atoms with van der Waals surface area (Å²) in [6, 6.07) is 12.0. The van der Waals surface area contributed by atoms with E-state index in [0.29, 0.717) is 28.9 Å². The average molecular weight is 491 g/mol. The molecule has 2 aromatic carbocycles. The van der Waals surface area contributed by atoms with Crippen LogP contribution in [0.5, 0.6) is 5.75 Å². The molecule has 0 radical (unpaired) electrons. The largest absolute Gasteiger partial charge is 0.482 e. The van der Waals surface area contributed by atoms with E-state index in [1.165, 1.54) is 23.5 Å². The molecule has 0 bridgehead atoms. The van der Waals surface area contributed by atoms with E-state index in [-0.39, 0.29) is 18.1 Å². The maximum Gasteiger partial charge on any atom is 0.416 e. The first-order chi connectivity index (χ1) is 16.0. The van der Waals surface area contributed by atoms with Gasteiger partial charge in [0.1, 0.15) is 5.75 Å². The minimum Gasteiger partial charge on any atom is -0.482 e. The molecule has 8 heteroatoms. The van der Waals surface area contributed by atoms with Crippen molar-refractivity contribution in [3.05, 3.63) is 75.7 Å². The molecule has 3 rings (SSSR count). The van der Waals surface area contributed by atoms with E-state index >= 15 is 0 Å². The van der Waals surface area contributed by atoms with Crippen LogP contribution in [0.1, 0.15) is 58.1 Å². The molecule has 0 fully saturated rings. The fourth-order valence-corrected chi connectivity index (χ4v) is 4.91. The Labute approximate surface area is 200 Å². The highest BCUT2D eigenvalue weighted by Crippen LogP contribution is 2.37. The molecule has 0 saturated heterocycles. The van der Waals surface area contributed by atoms with Gasteiger partial charge in [0, 0.05) is 21.7 Å². The first-order valence-corrected chi connectivity index (χ1v) is 11.6. The van der Waals surface area contributed by atoms with Crippen LogP contribution in [0.3, 0.4) is 0 Å². The zero-order valence-electron chi connectivity index (χ0n) is 19.0. The Kier molecular flexibility index (Phi) is 7.82. The van der Waals surface area contributed by atoms with Crippen LogP contribution in [0.25, 0.3) is 10.4 Å². The molecule has 0 amide bonds. The number of carboxylic acid groups (broad SMARTS) is 1. The molecule has 180 valence electrons. The normalized spacial score (nSPS) is 11.6. The van der Waals surface area contributed by atoms with Crippen molar-refractivity contribution in [1.29, 1.82) is 0 Å². The molecule has 4 nitrogen and oxygen atoms in total. The lowest BCUT2D eigenvalue weighted by Gasteiger charge is -2.09. The molecule has 0 aliphatic carbocycles. The Morgan fingerprint density at radius 1 is 1.06 bits per heavy atom. The van der Waals surface area contributed by atoms with Crippen molar-refractivity contribution in [3.8, 4) is 16.2 Å². The van der Waals surface area contributed by atoms with Gasteiger partial charge in [0.15, 0.2) is 12.4 Å². The summed E-state index contributed by atoms with van der Waals surface area (Å²) in [5, 5.41) is 8.74. The number of carbonyl (C=O) groups excluding carboxylic acids is 1. The number of halogens is 3. The molecule has 0 aliphatic heterocycles. The van der Waals surface area contributed by atoms with E-state index < -0.39 is 24.3 Å². The first-order valence-electron chi connectivity index (χ1n) is 10.7. The average Bonchev–Trinajstić information content (AvgIpc) is 3.20. The maximum absolute atomic E-state index is 12.9. The smallest absolute Gasteiger partial charge is 0.416 e. The summed E-state index contributed by atoms with van der Waals surface area (Å²) in [4.78, 5) is 25.4. The molecular weight excluding hydrogens is 465 g/mol. The second-order valence-electron chi connectivity index (χ2n) is 8.30. The van der Waals surface area contributed by atoms with Crippen LogP contribution in [0.15, 0.2) is 48.5 Å². The van der Waals surface area contributed by atoms with E-state index in [9.17, 15) is 22.8 Å². The van der Waals surface area contributed by atoms with E-state index in [4.69, 9.17) is 9.84 Å². The Morgan fingerprint density at radius 3 is 2.29 bits per heavy atom. The van der Waals surface area contributed by atoms with Gasteiger partial charge in [-0.25, -0.2) is 4.79 Å². The molecule has 1 aromatic heterocycles. The van der Waals surface area contributed by atoms with Gasteiger partial charge in [-0.1, -0.05) is 26.0 Å². The fraction of sp³-hybridized carbons (Fsp3) is 0.308. The third-order valence-electron chi connectivity index (χ3n) is 5.39. The number of carbonyl (C=O) groups is 2. The minimum atomic E-state index is -4.37. The van der Waals surface area contributed by atoms with E-state index in [2.05, 4.69) is 0 Å². The van der Waals surface area contributed by atoms with Crippen molar-refractivity contribution >= 4 is 23.1 Å². The molecule has 0 atom stereocenters. The van der Waals surface area contributed by atoms with Crippen molar-refractivity contribution in [1.82, 2.24) is 0 Å². The van der Waals surface area contributed by atoms with Crippen LogP contribution >= 0.6 is 11.3 Å².